The predicted molar refractivity (Wildman–Crippen MR) is 63.4 cm³/mol. The Labute approximate surface area is 108 Å². The summed E-state index contributed by atoms with van der Waals surface area (Å²) in [5.41, 5.74) is 5.58. The van der Waals surface area contributed by atoms with Gasteiger partial charge in [-0.3, -0.25) is 4.79 Å². The van der Waals surface area contributed by atoms with Gasteiger partial charge in [0.15, 0.2) is 18.0 Å². The molecule has 4 unspecified atom stereocenters. The van der Waals surface area contributed by atoms with E-state index < -0.39 is 12.3 Å². The van der Waals surface area contributed by atoms with Crippen LogP contribution in [0.2, 0.25) is 0 Å². The maximum atomic E-state index is 11.7. The normalized spacial score (nSPS) is 39.9. The largest absolute Gasteiger partial charge is 0.475 e. The molecular weight excluding hydrogens is 254 g/mol. The zero-order chi connectivity index (χ0) is 13.6. The molecule has 0 amide bonds. The zero-order valence-corrected chi connectivity index (χ0v) is 9.89. The fraction of sp³-hybridized carbons (Fsp3) is 0.600. The number of aliphatic hydroxyl groups is 1. The third kappa shape index (κ3) is 1.96. The van der Waals surface area contributed by atoms with Crippen molar-refractivity contribution in [2.45, 2.75) is 30.8 Å². The number of carbonyl (C=O) groups is 1. The van der Waals surface area contributed by atoms with Crippen molar-refractivity contribution < 1.29 is 14.6 Å². The van der Waals surface area contributed by atoms with Crippen LogP contribution in [-0.4, -0.2) is 52.8 Å². The van der Waals surface area contributed by atoms with Gasteiger partial charge in [-0.05, 0) is 5.18 Å². The van der Waals surface area contributed by atoms with E-state index >= 15 is 0 Å². The van der Waals surface area contributed by atoms with Crippen LogP contribution in [0.5, 0.6) is 0 Å². The Hall–Kier alpha value is -2.00. The quantitative estimate of drug-likeness (QED) is 0.503. The van der Waals surface area contributed by atoms with Gasteiger partial charge in [0, 0.05) is 6.42 Å². The van der Waals surface area contributed by atoms with Crippen LogP contribution in [0.1, 0.15) is 6.42 Å². The molecule has 0 aromatic heterocycles. The highest BCUT2D eigenvalue weighted by Crippen LogP contribution is 2.33. The zero-order valence-electron chi connectivity index (χ0n) is 9.89. The molecule has 4 N–H and O–H groups in total. The van der Waals surface area contributed by atoms with Crippen LogP contribution in [0.4, 0.5) is 0 Å². The summed E-state index contributed by atoms with van der Waals surface area (Å²) in [5.74, 6) is 0.341. The topological polar surface area (TPSA) is 130 Å². The van der Waals surface area contributed by atoms with Gasteiger partial charge in [0.25, 0.3) is 0 Å². The number of rotatable bonds is 2. The van der Waals surface area contributed by atoms with E-state index in [0.717, 1.165) is 6.20 Å². The minimum Gasteiger partial charge on any atom is -0.475 e. The van der Waals surface area contributed by atoms with E-state index in [1.54, 1.807) is 4.90 Å². The fourth-order valence-electron chi connectivity index (χ4n) is 2.42. The Morgan fingerprint density at radius 3 is 3.16 bits per heavy atom. The van der Waals surface area contributed by atoms with Gasteiger partial charge in [0.1, 0.15) is 30.1 Å². The lowest BCUT2D eigenvalue weighted by atomic mass is 10.2. The Morgan fingerprint density at radius 2 is 2.42 bits per heavy atom. The van der Waals surface area contributed by atoms with Gasteiger partial charge in [-0.15, -0.1) is 4.91 Å². The van der Waals surface area contributed by atoms with E-state index in [2.05, 4.69) is 15.5 Å². The van der Waals surface area contributed by atoms with Crippen molar-refractivity contribution >= 4 is 11.7 Å². The van der Waals surface area contributed by atoms with Gasteiger partial charge in [0.2, 0.25) is 0 Å². The number of nitrogens with two attached hydrogens (primary N) is 1. The number of hydrogen-bond donors (Lipinski definition) is 3. The lowest BCUT2D eigenvalue weighted by molar-refractivity contribution is -0.113. The van der Waals surface area contributed by atoms with Gasteiger partial charge in [-0.1, -0.05) is 0 Å². The Kier molecular flexibility index (Phi) is 2.72. The van der Waals surface area contributed by atoms with Crippen LogP contribution in [0.3, 0.4) is 0 Å². The minimum atomic E-state index is -0.896. The average Bonchev–Trinajstić information content (AvgIpc) is 2.89. The first-order valence-corrected chi connectivity index (χ1v) is 5.85. The highest BCUT2D eigenvalue weighted by Gasteiger charge is 2.57. The van der Waals surface area contributed by atoms with Crippen molar-refractivity contribution in [1.29, 1.82) is 0 Å². The summed E-state index contributed by atoms with van der Waals surface area (Å²) in [5, 5.41) is 15.1. The first kappa shape index (κ1) is 12.1. The molecule has 0 radical (unpaired) electrons. The average molecular weight is 267 g/mol. The standard InChI is InChI=1S/C10H13N5O4/c11-10-12-3-15(8-7(14-10)9(8)17)6-1-4(16)5(19-6)2-13-18/h2,4,6-8,16H,1,3H2,(H3,11,12,14). The number of ketones is 1. The monoisotopic (exact) mass is 267 g/mol. The van der Waals surface area contributed by atoms with Crippen LogP contribution in [0.15, 0.2) is 22.1 Å². The number of nitrogens with one attached hydrogen (secondary N) is 1. The Bertz CT molecular complexity index is 490. The summed E-state index contributed by atoms with van der Waals surface area (Å²) in [7, 11) is 0. The van der Waals surface area contributed by atoms with Gasteiger partial charge < -0.3 is 20.9 Å². The third-order valence-corrected chi connectivity index (χ3v) is 3.44. The second kappa shape index (κ2) is 4.28. The maximum Gasteiger partial charge on any atom is 0.190 e. The van der Waals surface area contributed by atoms with Crippen LogP contribution in [-0.2, 0) is 9.53 Å². The van der Waals surface area contributed by atoms with E-state index in [4.69, 9.17) is 10.5 Å². The van der Waals surface area contributed by atoms with Gasteiger partial charge in [0.05, 0.1) is 6.67 Å². The molecule has 1 saturated carbocycles. The third-order valence-electron chi connectivity index (χ3n) is 3.44. The summed E-state index contributed by atoms with van der Waals surface area (Å²) in [4.78, 5) is 27.6. The number of hydrogen-bond acceptors (Lipinski definition) is 9. The second-order valence-electron chi connectivity index (χ2n) is 4.63. The first-order valence-electron chi connectivity index (χ1n) is 5.85. The lowest BCUT2D eigenvalue weighted by Gasteiger charge is -2.24. The molecule has 102 valence electrons. The van der Waals surface area contributed by atoms with Gasteiger partial charge in [-0.2, -0.15) is 0 Å². The summed E-state index contributed by atoms with van der Waals surface area (Å²) >= 11 is 0. The van der Waals surface area contributed by atoms with E-state index in [1.807, 2.05) is 0 Å². The lowest BCUT2D eigenvalue weighted by Crippen LogP contribution is -2.39. The number of carbonyl (C=O) groups excluding carboxylic acids is 1. The molecule has 2 fully saturated rings. The molecule has 2 heterocycles. The number of nitrogens with zero attached hydrogens (tertiary/aromatic N) is 3. The summed E-state index contributed by atoms with van der Waals surface area (Å²) in [6.45, 7) is 0.199. The molecule has 0 aromatic carbocycles. The molecule has 2 aliphatic heterocycles. The molecule has 1 saturated heterocycles. The van der Waals surface area contributed by atoms with Crippen molar-refractivity contribution in [2.24, 2.45) is 15.9 Å². The summed E-state index contributed by atoms with van der Waals surface area (Å²) in [6.07, 6.45) is -0.219. The van der Waals surface area contributed by atoms with Crippen molar-refractivity contribution in [2.75, 3.05) is 6.67 Å². The van der Waals surface area contributed by atoms with Crippen LogP contribution in [0, 0.1) is 4.91 Å². The number of nitroso groups, excluding NO2 is 1. The second-order valence-corrected chi connectivity index (χ2v) is 4.63. The molecule has 4 atom stereocenters. The highest BCUT2D eigenvalue weighted by atomic mass is 16.5. The fourth-order valence-corrected chi connectivity index (χ4v) is 2.42. The molecule has 19 heavy (non-hydrogen) atoms. The molecule has 3 rings (SSSR count). The predicted octanol–water partition coefficient (Wildman–Crippen LogP) is -1.80. The SMILES string of the molecule is NC1=NCN(C2CC(O)C(=CN=O)O2)C2C(=O)C2N1. The van der Waals surface area contributed by atoms with Crippen LogP contribution < -0.4 is 11.1 Å². The summed E-state index contributed by atoms with van der Waals surface area (Å²) in [6, 6.07) is -0.727. The molecule has 9 nitrogen and oxygen atoms in total. The molecule has 0 spiro atoms. The van der Waals surface area contributed by atoms with E-state index in [-0.39, 0.29) is 42.7 Å². The number of guanidine groups is 1. The molecule has 9 heteroatoms. The smallest absolute Gasteiger partial charge is 0.190 e. The Morgan fingerprint density at radius 1 is 1.63 bits per heavy atom. The molecule has 1 aliphatic carbocycles. The van der Waals surface area contributed by atoms with Crippen molar-refractivity contribution in [3.8, 4) is 0 Å². The molecular formula is C10H13N5O4. The molecule has 0 bridgehead atoms. The minimum absolute atomic E-state index is 0.0156. The van der Waals surface area contributed by atoms with Crippen molar-refractivity contribution in [3.05, 3.63) is 16.9 Å². The van der Waals surface area contributed by atoms with E-state index in [0.29, 0.717) is 0 Å². The van der Waals surface area contributed by atoms with Gasteiger partial charge in [-0.25, -0.2) is 9.89 Å². The first-order chi connectivity index (χ1) is 9.11. The van der Waals surface area contributed by atoms with Crippen LogP contribution in [0.25, 0.3) is 0 Å². The number of aliphatic hydroxyl groups excluding tert-OH is 1. The molecule has 0 aromatic rings. The summed E-state index contributed by atoms with van der Waals surface area (Å²) < 4.78 is 5.44. The maximum absolute atomic E-state index is 11.7. The number of Topliss-reactive ketones (excluding diaryl/α,β-unsaturated/α-hetero) is 1. The number of fused-ring (bicyclic) bond motifs is 1. The van der Waals surface area contributed by atoms with Crippen molar-refractivity contribution in [1.82, 2.24) is 10.2 Å². The van der Waals surface area contributed by atoms with Gasteiger partial charge >= 0.3 is 0 Å². The van der Waals surface area contributed by atoms with E-state index in [9.17, 15) is 14.8 Å². The highest BCUT2D eigenvalue weighted by molar-refractivity contribution is 6.09. The van der Waals surface area contributed by atoms with Crippen molar-refractivity contribution in [3.63, 3.8) is 0 Å². The number of ether oxygens (including phenoxy) is 1. The van der Waals surface area contributed by atoms with Crippen LogP contribution >= 0.6 is 0 Å². The molecule has 3 aliphatic rings. The Balaban J connectivity index is 1.78. The van der Waals surface area contributed by atoms with E-state index in [1.165, 1.54) is 0 Å². The number of aliphatic imine (C=N–C) groups is 1.